The topological polar surface area (TPSA) is 48.1 Å². The molecule has 3 nitrogen and oxygen atoms in total. The highest BCUT2D eigenvalue weighted by Crippen LogP contribution is 2.31. The van der Waals surface area contributed by atoms with Gasteiger partial charge in [-0.3, -0.25) is 0 Å². The quantitative estimate of drug-likeness (QED) is 0.775. The van der Waals surface area contributed by atoms with Crippen LogP contribution < -0.4 is 10.5 Å². The smallest absolute Gasteiger partial charge is 0.145 e. The summed E-state index contributed by atoms with van der Waals surface area (Å²) in [5.41, 5.74) is 9.66. The van der Waals surface area contributed by atoms with E-state index in [1.165, 1.54) is 0 Å². The molecule has 0 atom stereocenters. The molecule has 3 rings (SSSR count). The number of benzene rings is 2. The first kappa shape index (κ1) is 13.4. The Morgan fingerprint density at radius 1 is 1.05 bits per heavy atom. The number of nitrogens with zero attached hydrogens (tertiary/aromatic N) is 1. The van der Waals surface area contributed by atoms with Crippen LogP contribution >= 0.6 is 0 Å². The van der Waals surface area contributed by atoms with Crippen LogP contribution in [0.4, 0.5) is 5.69 Å². The lowest BCUT2D eigenvalue weighted by molar-refractivity contribution is 0.320. The maximum atomic E-state index is 6.20. The SMILES string of the molecule is CCCOc1cccc2c(N)cc(-c3ccccc3)nc12. The summed E-state index contributed by atoms with van der Waals surface area (Å²) in [5.74, 6) is 0.791. The number of para-hydroxylation sites is 1. The fourth-order valence-electron chi connectivity index (χ4n) is 2.33. The summed E-state index contributed by atoms with van der Waals surface area (Å²) in [6.07, 6.45) is 0.963. The summed E-state index contributed by atoms with van der Waals surface area (Å²) >= 11 is 0. The monoisotopic (exact) mass is 278 g/mol. The van der Waals surface area contributed by atoms with Crippen LogP contribution in [0, 0.1) is 0 Å². The molecular formula is C18H18N2O. The highest BCUT2D eigenvalue weighted by molar-refractivity contribution is 5.96. The Morgan fingerprint density at radius 3 is 2.62 bits per heavy atom. The van der Waals surface area contributed by atoms with Gasteiger partial charge in [0, 0.05) is 16.6 Å². The molecule has 0 bridgehead atoms. The molecule has 0 aliphatic heterocycles. The van der Waals surface area contributed by atoms with E-state index in [1.54, 1.807) is 0 Å². The lowest BCUT2D eigenvalue weighted by Crippen LogP contribution is -1.99. The van der Waals surface area contributed by atoms with Gasteiger partial charge in [-0.15, -0.1) is 0 Å². The van der Waals surface area contributed by atoms with Crippen LogP contribution in [0.25, 0.3) is 22.2 Å². The normalized spacial score (nSPS) is 10.7. The van der Waals surface area contributed by atoms with Gasteiger partial charge in [-0.2, -0.15) is 0 Å². The summed E-state index contributed by atoms with van der Waals surface area (Å²) in [6.45, 7) is 2.76. The van der Waals surface area contributed by atoms with Crippen molar-refractivity contribution < 1.29 is 4.74 Å². The number of rotatable bonds is 4. The van der Waals surface area contributed by atoms with Crippen LogP contribution in [0.3, 0.4) is 0 Å². The molecule has 106 valence electrons. The van der Waals surface area contributed by atoms with Gasteiger partial charge in [0.25, 0.3) is 0 Å². The summed E-state index contributed by atoms with van der Waals surface area (Å²) in [5, 5.41) is 0.934. The molecule has 0 aliphatic rings. The molecule has 3 aromatic rings. The lowest BCUT2D eigenvalue weighted by atomic mass is 10.1. The molecule has 0 spiro atoms. The lowest BCUT2D eigenvalue weighted by Gasteiger charge is -2.11. The number of hydrogen-bond acceptors (Lipinski definition) is 3. The molecule has 1 aromatic heterocycles. The maximum absolute atomic E-state index is 6.20. The van der Waals surface area contributed by atoms with E-state index in [2.05, 4.69) is 6.92 Å². The van der Waals surface area contributed by atoms with E-state index in [1.807, 2.05) is 54.6 Å². The molecule has 0 unspecified atom stereocenters. The highest BCUT2D eigenvalue weighted by atomic mass is 16.5. The van der Waals surface area contributed by atoms with Crippen molar-refractivity contribution in [1.29, 1.82) is 0 Å². The van der Waals surface area contributed by atoms with Crippen LogP contribution in [0.15, 0.2) is 54.6 Å². The van der Waals surface area contributed by atoms with Crippen molar-refractivity contribution in [1.82, 2.24) is 4.98 Å². The number of pyridine rings is 1. The Balaban J connectivity index is 2.17. The van der Waals surface area contributed by atoms with Crippen molar-refractivity contribution in [3.63, 3.8) is 0 Å². The van der Waals surface area contributed by atoms with E-state index in [0.717, 1.165) is 40.0 Å². The zero-order valence-electron chi connectivity index (χ0n) is 12.0. The van der Waals surface area contributed by atoms with Crippen molar-refractivity contribution in [2.75, 3.05) is 12.3 Å². The van der Waals surface area contributed by atoms with Gasteiger partial charge in [-0.25, -0.2) is 4.98 Å². The maximum Gasteiger partial charge on any atom is 0.145 e. The Labute approximate surface area is 124 Å². The van der Waals surface area contributed by atoms with Crippen LogP contribution in [-0.4, -0.2) is 11.6 Å². The number of nitrogens with two attached hydrogens (primary N) is 1. The van der Waals surface area contributed by atoms with E-state index in [4.69, 9.17) is 15.5 Å². The van der Waals surface area contributed by atoms with E-state index < -0.39 is 0 Å². The third-order valence-electron chi connectivity index (χ3n) is 3.37. The Morgan fingerprint density at radius 2 is 1.86 bits per heavy atom. The molecule has 0 saturated heterocycles. The largest absolute Gasteiger partial charge is 0.491 e. The second-order valence-electron chi connectivity index (χ2n) is 4.96. The first-order valence-electron chi connectivity index (χ1n) is 7.17. The van der Waals surface area contributed by atoms with E-state index in [-0.39, 0.29) is 0 Å². The van der Waals surface area contributed by atoms with Gasteiger partial charge in [0.2, 0.25) is 0 Å². The van der Waals surface area contributed by atoms with Gasteiger partial charge in [-0.1, -0.05) is 49.4 Å². The number of nitrogen functional groups attached to an aromatic ring is 1. The second-order valence-corrected chi connectivity index (χ2v) is 4.96. The summed E-state index contributed by atoms with van der Waals surface area (Å²) < 4.78 is 5.80. The van der Waals surface area contributed by atoms with Crippen LogP contribution in [0.2, 0.25) is 0 Å². The van der Waals surface area contributed by atoms with Gasteiger partial charge >= 0.3 is 0 Å². The average Bonchev–Trinajstić information content (AvgIpc) is 2.54. The van der Waals surface area contributed by atoms with Crippen molar-refractivity contribution in [2.24, 2.45) is 0 Å². The molecule has 0 fully saturated rings. The zero-order valence-corrected chi connectivity index (χ0v) is 12.0. The van der Waals surface area contributed by atoms with Crippen LogP contribution in [0.5, 0.6) is 5.75 Å². The van der Waals surface area contributed by atoms with Gasteiger partial charge in [0.1, 0.15) is 11.3 Å². The number of ether oxygens (including phenoxy) is 1. The first-order valence-corrected chi connectivity index (χ1v) is 7.17. The minimum atomic E-state index is 0.677. The molecule has 1 heterocycles. The molecule has 21 heavy (non-hydrogen) atoms. The zero-order chi connectivity index (χ0) is 14.7. The number of fused-ring (bicyclic) bond motifs is 1. The van der Waals surface area contributed by atoms with Crippen molar-refractivity contribution in [3.8, 4) is 17.0 Å². The fourth-order valence-corrected chi connectivity index (χ4v) is 2.33. The standard InChI is InChI=1S/C18H18N2O/c1-2-11-21-17-10-6-9-14-15(19)12-16(20-18(14)17)13-7-4-3-5-8-13/h3-10,12H,2,11H2,1H3,(H2,19,20). The average molecular weight is 278 g/mol. The predicted octanol–water partition coefficient (Wildman–Crippen LogP) is 4.27. The molecule has 3 heteroatoms. The minimum absolute atomic E-state index is 0.677. The third-order valence-corrected chi connectivity index (χ3v) is 3.37. The summed E-state index contributed by atoms with van der Waals surface area (Å²) in [4.78, 5) is 4.75. The second kappa shape index (κ2) is 5.83. The summed E-state index contributed by atoms with van der Waals surface area (Å²) in [7, 11) is 0. The van der Waals surface area contributed by atoms with Crippen molar-refractivity contribution in [3.05, 3.63) is 54.6 Å². The Kier molecular flexibility index (Phi) is 3.73. The molecule has 0 aliphatic carbocycles. The molecule has 2 aromatic carbocycles. The molecule has 0 radical (unpaired) electrons. The van der Waals surface area contributed by atoms with E-state index >= 15 is 0 Å². The van der Waals surface area contributed by atoms with Gasteiger partial charge in [0.05, 0.1) is 12.3 Å². The Bertz CT molecular complexity index is 754. The van der Waals surface area contributed by atoms with Crippen molar-refractivity contribution >= 4 is 16.6 Å². The van der Waals surface area contributed by atoms with Gasteiger partial charge in [-0.05, 0) is 18.6 Å². The van der Waals surface area contributed by atoms with Crippen LogP contribution in [-0.2, 0) is 0 Å². The van der Waals surface area contributed by atoms with Gasteiger partial charge < -0.3 is 10.5 Å². The van der Waals surface area contributed by atoms with E-state index in [0.29, 0.717) is 6.61 Å². The summed E-state index contributed by atoms with van der Waals surface area (Å²) in [6, 6.07) is 17.8. The molecular weight excluding hydrogens is 260 g/mol. The molecule has 0 amide bonds. The van der Waals surface area contributed by atoms with E-state index in [9.17, 15) is 0 Å². The number of anilines is 1. The first-order chi connectivity index (χ1) is 10.3. The predicted molar refractivity (Wildman–Crippen MR) is 87.4 cm³/mol. The minimum Gasteiger partial charge on any atom is -0.491 e. The van der Waals surface area contributed by atoms with Gasteiger partial charge in [0.15, 0.2) is 0 Å². The number of hydrogen-bond donors (Lipinski definition) is 1. The fraction of sp³-hybridized carbons (Fsp3) is 0.167. The Hall–Kier alpha value is -2.55. The molecule has 0 saturated carbocycles. The molecule has 2 N–H and O–H groups in total. The van der Waals surface area contributed by atoms with Crippen molar-refractivity contribution in [2.45, 2.75) is 13.3 Å². The van der Waals surface area contributed by atoms with Crippen LogP contribution in [0.1, 0.15) is 13.3 Å². The highest BCUT2D eigenvalue weighted by Gasteiger charge is 2.09. The third kappa shape index (κ3) is 2.68. The number of aromatic nitrogens is 1.